The van der Waals surface area contributed by atoms with E-state index in [0.717, 1.165) is 35.9 Å². The maximum Gasteiger partial charge on any atom is 0.106 e. The zero-order chi connectivity index (χ0) is 15.3. The van der Waals surface area contributed by atoms with Gasteiger partial charge in [-0.1, -0.05) is 16.8 Å². The molecular weight excluding hydrogens is 320 g/mol. The van der Waals surface area contributed by atoms with E-state index in [1.54, 1.807) is 16.0 Å². The molecule has 0 bridgehead atoms. The molecule has 118 valence electrons. The number of nitrogens with zero attached hydrogens (tertiary/aromatic N) is 3. The maximum atomic E-state index is 6.33. The molecule has 1 N–H and O–H groups in total. The summed E-state index contributed by atoms with van der Waals surface area (Å²) in [4.78, 5) is 1.31. The molecule has 2 aliphatic rings. The third kappa shape index (κ3) is 2.38. The SMILES string of the molecule is CC1CC2(CC(c3cn(C)nn3)N1)OCCc1cc(Cl)sc12. The van der Waals surface area contributed by atoms with Gasteiger partial charge in [0.15, 0.2) is 0 Å². The highest BCUT2D eigenvalue weighted by Crippen LogP contribution is 2.49. The molecule has 22 heavy (non-hydrogen) atoms. The number of hydrogen-bond acceptors (Lipinski definition) is 5. The van der Waals surface area contributed by atoms with E-state index in [-0.39, 0.29) is 11.6 Å². The van der Waals surface area contributed by atoms with Crippen LogP contribution in [0, 0.1) is 0 Å². The number of aromatic nitrogens is 3. The molecule has 1 saturated heterocycles. The summed E-state index contributed by atoms with van der Waals surface area (Å²) in [6.07, 6.45) is 4.78. The molecule has 0 amide bonds. The first-order valence-electron chi connectivity index (χ1n) is 7.61. The van der Waals surface area contributed by atoms with Crippen molar-refractivity contribution >= 4 is 22.9 Å². The van der Waals surface area contributed by atoms with Gasteiger partial charge in [0.1, 0.15) is 5.60 Å². The van der Waals surface area contributed by atoms with Gasteiger partial charge in [0, 0.05) is 30.6 Å². The van der Waals surface area contributed by atoms with Gasteiger partial charge < -0.3 is 10.1 Å². The Morgan fingerprint density at radius 3 is 3.14 bits per heavy atom. The normalized spacial score (nSPS) is 31.4. The summed E-state index contributed by atoms with van der Waals surface area (Å²) in [6.45, 7) is 2.97. The van der Waals surface area contributed by atoms with Gasteiger partial charge in [-0.05, 0) is 31.4 Å². The van der Waals surface area contributed by atoms with Gasteiger partial charge in [0.05, 0.1) is 22.7 Å². The van der Waals surface area contributed by atoms with Crippen molar-refractivity contribution in [3.8, 4) is 0 Å². The number of aryl methyl sites for hydroxylation is 1. The molecule has 3 atom stereocenters. The highest BCUT2D eigenvalue weighted by molar-refractivity contribution is 7.16. The van der Waals surface area contributed by atoms with Crippen molar-refractivity contribution in [1.29, 1.82) is 0 Å². The third-order valence-corrected chi connectivity index (χ3v) is 6.07. The molecule has 0 radical (unpaired) electrons. The van der Waals surface area contributed by atoms with Gasteiger partial charge in [-0.15, -0.1) is 16.4 Å². The van der Waals surface area contributed by atoms with Crippen molar-refractivity contribution in [3.63, 3.8) is 0 Å². The molecule has 5 nitrogen and oxygen atoms in total. The summed E-state index contributed by atoms with van der Waals surface area (Å²) >= 11 is 7.94. The van der Waals surface area contributed by atoms with E-state index >= 15 is 0 Å². The number of halogens is 1. The van der Waals surface area contributed by atoms with Gasteiger partial charge in [0.25, 0.3) is 0 Å². The predicted molar refractivity (Wildman–Crippen MR) is 86.2 cm³/mol. The second kappa shape index (κ2) is 5.30. The minimum absolute atomic E-state index is 0.157. The van der Waals surface area contributed by atoms with E-state index in [1.165, 1.54) is 10.4 Å². The quantitative estimate of drug-likeness (QED) is 0.868. The van der Waals surface area contributed by atoms with E-state index < -0.39 is 0 Å². The van der Waals surface area contributed by atoms with Crippen LogP contribution in [0.3, 0.4) is 0 Å². The molecule has 0 aromatic carbocycles. The molecular formula is C15H19ClN4OS. The van der Waals surface area contributed by atoms with Gasteiger partial charge >= 0.3 is 0 Å². The Morgan fingerprint density at radius 1 is 1.50 bits per heavy atom. The van der Waals surface area contributed by atoms with Crippen LogP contribution in [-0.2, 0) is 23.8 Å². The Bertz CT molecular complexity index is 700. The first kappa shape index (κ1) is 14.6. The summed E-state index contributed by atoms with van der Waals surface area (Å²) in [5, 5.41) is 12.0. The summed E-state index contributed by atoms with van der Waals surface area (Å²) in [6, 6.07) is 2.62. The lowest BCUT2D eigenvalue weighted by Crippen LogP contribution is -2.49. The van der Waals surface area contributed by atoms with Crippen LogP contribution in [0.1, 0.15) is 41.9 Å². The lowest BCUT2D eigenvalue weighted by Gasteiger charge is -2.45. The van der Waals surface area contributed by atoms with Crippen LogP contribution in [0.4, 0.5) is 0 Å². The molecule has 2 aliphatic heterocycles. The molecule has 4 rings (SSSR count). The lowest BCUT2D eigenvalue weighted by molar-refractivity contribution is -0.0957. The van der Waals surface area contributed by atoms with Crippen molar-refractivity contribution in [2.45, 2.75) is 43.9 Å². The Hall–Kier alpha value is -0.950. The van der Waals surface area contributed by atoms with E-state index in [4.69, 9.17) is 16.3 Å². The van der Waals surface area contributed by atoms with Crippen LogP contribution >= 0.6 is 22.9 Å². The summed E-state index contributed by atoms with van der Waals surface area (Å²) in [5.41, 5.74) is 2.10. The average Bonchev–Trinajstić information content (AvgIpc) is 3.04. The summed E-state index contributed by atoms with van der Waals surface area (Å²) < 4.78 is 8.94. The molecule has 3 unspecified atom stereocenters. The first-order valence-corrected chi connectivity index (χ1v) is 8.80. The largest absolute Gasteiger partial charge is 0.369 e. The number of rotatable bonds is 1. The number of nitrogens with one attached hydrogen (secondary N) is 1. The van der Waals surface area contributed by atoms with Gasteiger partial charge in [-0.25, -0.2) is 0 Å². The van der Waals surface area contributed by atoms with Crippen LogP contribution < -0.4 is 5.32 Å². The second-order valence-electron chi connectivity index (χ2n) is 6.34. The molecule has 2 aromatic rings. The zero-order valence-corrected chi connectivity index (χ0v) is 14.2. The Kier molecular flexibility index (Phi) is 3.52. The highest BCUT2D eigenvalue weighted by atomic mass is 35.5. The standard InChI is InChI=1S/C15H19ClN4OS/c1-9-6-15(7-11(17-9)12-8-20(2)19-18-12)14-10(3-4-21-15)5-13(16)22-14/h5,8-9,11,17H,3-4,6-7H2,1-2H3. The van der Waals surface area contributed by atoms with Crippen molar-refractivity contribution < 1.29 is 4.74 Å². The van der Waals surface area contributed by atoms with Crippen LogP contribution in [0.5, 0.6) is 0 Å². The van der Waals surface area contributed by atoms with Crippen LogP contribution in [0.2, 0.25) is 4.34 Å². The first-order chi connectivity index (χ1) is 10.6. The predicted octanol–water partition coefficient (Wildman–Crippen LogP) is 2.81. The number of piperidine rings is 1. The van der Waals surface area contributed by atoms with Gasteiger partial charge in [0.2, 0.25) is 0 Å². The summed E-state index contributed by atoms with van der Waals surface area (Å²) in [7, 11) is 1.90. The molecule has 1 fully saturated rings. The maximum absolute atomic E-state index is 6.33. The van der Waals surface area contributed by atoms with Gasteiger partial charge in [-0.3, -0.25) is 4.68 Å². The monoisotopic (exact) mass is 338 g/mol. The number of fused-ring (bicyclic) bond motifs is 2. The topological polar surface area (TPSA) is 52.0 Å². The van der Waals surface area contributed by atoms with E-state index in [0.29, 0.717) is 6.04 Å². The molecule has 7 heteroatoms. The Balaban J connectivity index is 1.72. The fourth-order valence-electron chi connectivity index (χ4n) is 3.78. The minimum Gasteiger partial charge on any atom is -0.369 e. The molecule has 4 heterocycles. The highest BCUT2D eigenvalue weighted by Gasteiger charge is 2.46. The number of ether oxygens (including phenoxy) is 1. The van der Waals surface area contributed by atoms with Crippen molar-refractivity contribution in [2.75, 3.05) is 6.61 Å². The van der Waals surface area contributed by atoms with E-state index in [1.807, 2.05) is 13.2 Å². The zero-order valence-electron chi connectivity index (χ0n) is 12.7. The fourth-order valence-corrected chi connectivity index (χ4v) is 5.24. The van der Waals surface area contributed by atoms with Crippen molar-refractivity contribution in [3.05, 3.63) is 32.7 Å². The second-order valence-corrected chi connectivity index (χ2v) is 8.03. The smallest absolute Gasteiger partial charge is 0.106 e. The fraction of sp³-hybridized carbons (Fsp3) is 0.600. The molecule has 0 aliphatic carbocycles. The average molecular weight is 339 g/mol. The van der Waals surface area contributed by atoms with Crippen molar-refractivity contribution in [1.82, 2.24) is 20.3 Å². The number of thiophene rings is 1. The molecule has 1 spiro atoms. The third-order valence-electron chi connectivity index (χ3n) is 4.58. The number of hydrogen-bond donors (Lipinski definition) is 1. The van der Waals surface area contributed by atoms with Gasteiger partial charge in [-0.2, -0.15) is 0 Å². The summed E-state index contributed by atoms with van der Waals surface area (Å²) in [5.74, 6) is 0. The Labute approximate surface area is 138 Å². The van der Waals surface area contributed by atoms with Crippen LogP contribution in [0.25, 0.3) is 0 Å². The van der Waals surface area contributed by atoms with Crippen LogP contribution in [0.15, 0.2) is 12.3 Å². The Morgan fingerprint density at radius 2 is 2.36 bits per heavy atom. The van der Waals surface area contributed by atoms with E-state index in [2.05, 4.69) is 28.6 Å². The molecule has 0 saturated carbocycles. The minimum atomic E-state index is -0.238. The van der Waals surface area contributed by atoms with E-state index in [9.17, 15) is 0 Å². The lowest BCUT2D eigenvalue weighted by atomic mass is 9.79. The van der Waals surface area contributed by atoms with Crippen molar-refractivity contribution in [2.24, 2.45) is 7.05 Å². The van der Waals surface area contributed by atoms with Crippen LogP contribution in [-0.4, -0.2) is 27.6 Å². The molecule has 2 aromatic heterocycles.